The molecule has 0 aromatic carbocycles. The van der Waals surface area contributed by atoms with E-state index in [4.69, 9.17) is 0 Å². The zero-order valence-electron chi connectivity index (χ0n) is 12.5. The van der Waals surface area contributed by atoms with Gasteiger partial charge in [-0.3, -0.25) is 9.59 Å². The largest absolute Gasteiger partial charge is 0.353 e. The zero-order chi connectivity index (χ0) is 14.4. The van der Waals surface area contributed by atoms with Crippen LogP contribution in [-0.4, -0.2) is 48.4 Å². The summed E-state index contributed by atoms with van der Waals surface area (Å²) in [6, 6.07) is 0.271. The first-order chi connectivity index (χ1) is 9.70. The van der Waals surface area contributed by atoms with Crippen LogP contribution >= 0.6 is 0 Å². The first-order valence-corrected chi connectivity index (χ1v) is 8.02. The lowest BCUT2D eigenvalue weighted by molar-refractivity contribution is -0.135. The van der Waals surface area contributed by atoms with Gasteiger partial charge in [-0.15, -0.1) is 0 Å². The van der Waals surface area contributed by atoms with Crippen LogP contribution in [0.3, 0.4) is 0 Å². The van der Waals surface area contributed by atoms with Gasteiger partial charge in [0.15, 0.2) is 0 Å². The predicted octanol–water partition coefficient (Wildman–Crippen LogP) is 1.04. The Hall–Kier alpha value is -1.10. The van der Waals surface area contributed by atoms with Crippen LogP contribution in [0.4, 0.5) is 0 Å². The number of rotatable bonds is 4. The SMILES string of the molecule is CCCC(=O)NC1CCN(C(=O)C2CCCCN2)CC1. The summed E-state index contributed by atoms with van der Waals surface area (Å²) in [5, 5.41) is 6.38. The molecule has 0 saturated carbocycles. The van der Waals surface area contributed by atoms with Crippen LogP contribution in [0, 0.1) is 0 Å². The number of likely N-dealkylation sites (tertiary alicyclic amines) is 1. The summed E-state index contributed by atoms with van der Waals surface area (Å²) in [4.78, 5) is 25.9. The molecule has 0 radical (unpaired) electrons. The monoisotopic (exact) mass is 281 g/mol. The summed E-state index contributed by atoms with van der Waals surface area (Å²) >= 11 is 0. The van der Waals surface area contributed by atoms with E-state index in [1.165, 1.54) is 6.42 Å². The Bertz CT molecular complexity index is 332. The van der Waals surface area contributed by atoms with Crippen LogP contribution < -0.4 is 10.6 Å². The summed E-state index contributed by atoms with van der Waals surface area (Å²) in [6.45, 7) is 4.51. The third-order valence-electron chi connectivity index (χ3n) is 4.26. The van der Waals surface area contributed by atoms with Crippen LogP contribution in [0.5, 0.6) is 0 Å². The first-order valence-electron chi connectivity index (χ1n) is 8.02. The molecule has 1 unspecified atom stereocenters. The molecule has 0 aromatic rings. The second-order valence-corrected chi connectivity index (χ2v) is 5.92. The molecule has 2 heterocycles. The second kappa shape index (κ2) is 7.62. The van der Waals surface area contributed by atoms with Crippen molar-refractivity contribution in [2.24, 2.45) is 0 Å². The predicted molar refractivity (Wildman–Crippen MR) is 78.3 cm³/mol. The number of hydrogen-bond acceptors (Lipinski definition) is 3. The smallest absolute Gasteiger partial charge is 0.239 e. The van der Waals surface area contributed by atoms with Gasteiger partial charge >= 0.3 is 0 Å². The topological polar surface area (TPSA) is 61.4 Å². The summed E-state index contributed by atoms with van der Waals surface area (Å²) in [7, 11) is 0. The van der Waals surface area contributed by atoms with E-state index in [1.807, 2.05) is 11.8 Å². The molecular weight excluding hydrogens is 254 g/mol. The van der Waals surface area contributed by atoms with Crippen molar-refractivity contribution in [2.75, 3.05) is 19.6 Å². The number of nitrogens with zero attached hydrogens (tertiary/aromatic N) is 1. The lowest BCUT2D eigenvalue weighted by Crippen LogP contribution is -2.53. The Kier molecular flexibility index (Phi) is 5.83. The highest BCUT2D eigenvalue weighted by Gasteiger charge is 2.29. The van der Waals surface area contributed by atoms with Gasteiger partial charge in [0.05, 0.1) is 6.04 Å². The normalized spacial score (nSPS) is 24.4. The number of carbonyl (C=O) groups is 2. The van der Waals surface area contributed by atoms with Crippen molar-refractivity contribution in [3.05, 3.63) is 0 Å². The maximum absolute atomic E-state index is 12.4. The minimum atomic E-state index is 0.0231. The second-order valence-electron chi connectivity index (χ2n) is 5.92. The van der Waals surface area contributed by atoms with Gasteiger partial charge in [0.1, 0.15) is 0 Å². The molecule has 2 rings (SSSR count). The molecule has 2 amide bonds. The van der Waals surface area contributed by atoms with Gasteiger partial charge in [0.25, 0.3) is 0 Å². The molecule has 2 saturated heterocycles. The average molecular weight is 281 g/mol. The van der Waals surface area contributed by atoms with Gasteiger partial charge in [-0.2, -0.15) is 0 Å². The summed E-state index contributed by atoms with van der Waals surface area (Å²) in [5.74, 6) is 0.397. The first kappa shape index (κ1) is 15.3. The maximum atomic E-state index is 12.4. The molecule has 5 nitrogen and oxygen atoms in total. The standard InChI is InChI=1S/C15H27N3O2/c1-2-5-14(19)17-12-7-10-18(11-8-12)15(20)13-6-3-4-9-16-13/h12-13,16H,2-11H2,1H3,(H,17,19). The van der Waals surface area contributed by atoms with E-state index in [-0.39, 0.29) is 23.9 Å². The lowest BCUT2D eigenvalue weighted by Gasteiger charge is -2.35. The van der Waals surface area contributed by atoms with Crippen molar-refractivity contribution in [1.82, 2.24) is 15.5 Å². The van der Waals surface area contributed by atoms with Gasteiger partial charge in [-0.05, 0) is 38.6 Å². The van der Waals surface area contributed by atoms with Crippen LogP contribution in [0.25, 0.3) is 0 Å². The molecule has 2 N–H and O–H groups in total. The van der Waals surface area contributed by atoms with Crippen LogP contribution in [-0.2, 0) is 9.59 Å². The molecule has 0 aliphatic carbocycles. The molecule has 0 aromatic heterocycles. The maximum Gasteiger partial charge on any atom is 0.239 e. The van der Waals surface area contributed by atoms with E-state index < -0.39 is 0 Å². The van der Waals surface area contributed by atoms with Crippen molar-refractivity contribution in [1.29, 1.82) is 0 Å². The molecule has 20 heavy (non-hydrogen) atoms. The third-order valence-corrected chi connectivity index (χ3v) is 4.26. The highest BCUT2D eigenvalue weighted by molar-refractivity contribution is 5.82. The molecule has 5 heteroatoms. The Morgan fingerprint density at radius 3 is 2.55 bits per heavy atom. The van der Waals surface area contributed by atoms with Crippen molar-refractivity contribution in [2.45, 2.75) is 64.0 Å². The van der Waals surface area contributed by atoms with Crippen molar-refractivity contribution in [3.63, 3.8) is 0 Å². The molecule has 114 valence electrons. The van der Waals surface area contributed by atoms with Gasteiger partial charge in [0.2, 0.25) is 11.8 Å². The summed E-state index contributed by atoms with van der Waals surface area (Å²) in [6.07, 6.45) is 6.54. The molecule has 2 fully saturated rings. The molecule has 0 spiro atoms. The van der Waals surface area contributed by atoms with Crippen LogP contribution in [0.1, 0.15) is 51.9 Å². The van der Waals surface area contributed by atoms with E-state index >= 15 is 0 Å². The fourth-order valence-corrected chi connectivity index (χ4v) is 3.05. The number of carbonyl (C=O) groups excluding carboxylic acids is 2. The highest BCUT2D eigenvalue weighted by Crippen LogP contribution is 2.15. The Morgan fingerprint density at radius 1 is 1.20 bits per heavy atom. The Morgan fingerprint density at radius 2 is 1.95 bits per heavy atom. The van der Waals surface area contributed by atoms with Crippen molar-refractivity contribution in [3.8, 4) is 0 Å². The molecule has 1 atom stereocenters. The van der Waals surface area contributed by atoms with E-state index in [1.54, 1.807) is 0 Å². The molecular formula is C15H27N3O2. The minimum absolute atomic E-state index is 0.0231. The number of hydrogen-bond donors (Lipinski definition) is 2. The summed E-state index contributed by atoms with van der Waals surface area (Å²) in [5.41, 5.74) is 0. The van der Waals surface area contributed by atoms with Crippen molar-refractivity contribution >= 4 is 11.8 Å². The molecule has 0 bridgehead atoms. The van der Waals surface area contributed by atoms with Gasteiger partial charge in [-0.25, -0.2) is 0 Å². The van der Waals surface area contributed by atoms with Crippen LogP contribution in [0.2, 0.25) is 0 Å². The number of amides is 2. The number of nitrogens with one attached hydrogen (secondary N) is 2. The summed E-state index contributed by atoms with van der Waals surface area (Å²) < 4.78 is 0. The Balaban J connectivity index is 1.73. The fraction of sp³-hybridized carbons (Fsp3) is 0.867. The average Bonchev–Trinajstić information content (AvgIpc) is 2.48. The van der Waals surface area contributed by atoms with E-state index in [0.29, 0.717) is 6.42 Å². The van der Waals surface area contributed by atoms with E-state index in [0.717, 1.165) is 51.7 Å². The Labute approximate surface area is 121 Å². The molecule has 2 aliphatic rings. The van der Waals surface area contributed by atoms with Crippen molar-refractivity contribution < 1.29 is 9.59 Å². The van der Waals surface area contributed by atoms with Gasteiger partial charge in [-0.1, -0.05) is 13.3 Å². The van der Waals surface area contributed by atoms with Gasteiger partial charge < -0.3 is 15.5 Å². The highest BCUT2D eigenvalue weighted by atomic mass is 16.2. The van der Waals surface area contributed by atoms with Gasteiger partial charge in [0, 0.05) is 25.6 Å². The van der Waals surface area contributed by atoms with E-state index in [9.17, 15) is 9.59 Å². The third kappa shape index (κ3) is 4.20. The fourth-order valence-electron chi connectivity index (χ4n) is 3.05. The quantitative estimate of drug-likeness (QED) is 0.809. The van der Waals surface area contributed by atoms with Crippen LogP contribution in [0.15, 0.2) is 0 Å². The lowest BCUT2D eigenvalue weighted by atomic mass is 10.0. The van der Waals surface area contributed by atoms with E-state index in [2.05, 4.69) is 10.6 Å². The number of piperidine rings is 2. The minimum Gasteiger partial charge on any atom is -0.353 e. The zero-order valence-corrected chi connectivity index (χ0v) is 12.5. The molecule has 2 aliphatic heterocycles.